The van der Waals surface area contributed by atoms with E-state index in [0.717, 1.165) is 23.7 Å². The summed E-state index contributed by atoms with van der Waals surface area (Å²) >= 11 is 1.57. The lowest BCUT2D eigenvalue weighted by atomic mass is 10.1. The second-order valence-corrected chi connectivity index (χ2v) is 6.99. The molecule has 0 fully saturated rings. The molecule has 110 valence electrons. The summed E-state index contributed by atoms with van der Waals surface area (Å²) in [7, 11) is 0. The van der Waals surface area contributed by atoms with Gasteiger partial charge in [-0.2, -0.15) is 0 Å². The molecular formula is C15H23N3OS. The number of hydrogen-bond donors (Lipinski definition) is 0. The van der Waals surface area contributed by atoms with Gasteiger partial charge in [-0.25, -0.2) is 4.98 Å². The van der Waals surface area contributed by atoms with E-state index < -0.39 is 0 Å². The number of carbonyl (C=O) groups excluding carboxylic acids is 1. The first-order valence-corrected chi connectivity index (χ1v) is 7.99. The normalized spacial score (nSPS) is 11.8. The smallest absolute Gasteiger partial charge is 0.274 e. The largest absolute Gasteiger partial charge is 0.337 e. The number of fused-ring (bicyclic) bond motifs is 1. The first-order chi connectivity index (χ1) is 9.38. The van der Waals surface area contributed by atoms with Crippen LogP contribution in [0.4, 0.5) is 0 Å². The van der Waals surface area contributed by atoms with E-state index in [9.17, 15) is 4.79 Å². The molecule has 0 spiro atoms. The fourth-order valence-corrected chi connectivity index (χ4v) is 3.13. The highest BCUT2D eigenvalue weighted by molar-refractivity contribution is 7.15. The van der Waals surface area contributed by atoms with Crippen molar-refractivity contribution in [3.63, 3.8) is 0 Å². The molecule has 0 saturated heterocycles. The minimum Gasteiger partial charge on any atom is -0.337 e. The van der Waals surface area contributed by atoms with E-state index in [-0.39, 0.29) is 5.91 Å². The maximum absolute atomic E-state index is 12.6. The molecule has 0 N–H and O–H groups in total. The standard InChI is InChI=1S/C15H23N3OS/c1-10(2)6-17(7-11(3)4)14(19)13-8-18-12(5)9-20-15(18)16-13/h8-11H,6-7H2,1-5H3. The third kappa shape index (κ3) is 3.20. The zero-order valence-corrected chi connectivity index (χ0v) is 13.7. The molecule has 0 aliphatic rings. The van der Waals surface area contributed by atoms with Crippen LogP contribution < -0.4 is 0 Å². The van der Waals surface area contributed by atoms with Gasteiger partial charge >= 0.3 is 0 Å². The Hall–Kier alpha value is -1.36. The van der Waals surface area contributed by atoms with Crippen molar-refractivity contribution >= 4 is 22.2 Å². The molecule has 0 radical (unpaired) electrons. The quantitative estimate of drug-likeness (QED) is 0.846. The van der Waals surface area contributed by atoms with Gasteiger partial charge in [0.05, 0.1) is 0 Å². The van der Waals surface area contributed by atoms with E-state index in [2.05, 4.69) is 38.1 Å². The Morgan fingerprint density at radius 1 is 1.30 bits per heavy atom. The molecule has 0 aliphatic carbocycles. The van der Waals surface area contributed by atoms with Crippen LogP contribution in [0, 0.1) is 18.8 Å². The van der Waals surface area contributed by atoms with Crippen molar-refractivity contribution in [1.29, 1.82) is 0 Å². The van der Waals surface area contributed by atoms with Crippen LogP contribution in [0.2, 0.25) is 0 Å². The number of aromatic nitrogens is 2. The molecule has 2 heterocycles. The summed E-state index contributed by atoms with van der Waals surface area (Å²) in [5.41, 5.74) is 1.68. The molecule has 2 aromatic heterocycles. The lowest BCUT2D eigenvalue weighted by Crippen LogP contribution is -2.37. The molecule has 0 bridgehead atoms. The number of rotatable bonds is 5. The molecule has 2 aromatic rings. The van der Waals surface area contributed by atoms with Crippen LogP contribution in [-0.2, 0) is 0 Å². The molecule has 0 atom stereocenters. The van der Waals surface area contributed by atoms with Gasteiger partial charge < -0.3 is 4.90 Å². The van der Waals surface area contributed by atoms with Gasteiger partial charge in [-0.05, 0) is 18.8 Å². The fourth-order valence-electron chi connectivity index (χ4n) is 2.28. The Bertz CT molecular complexity index is 587. The Labute approximate surface area is 124 Å². The Kier molecular flexibility index (Phi) is 4.48. The van der Waals surface area contributed by atoms with Crippen molar-refractivity contribution in [1.82, 2.24) is 14.3 Å². The summed E-state index contributed by atoms with van der Waals surface area (Å²) in [6, 6.07) is 0. The monoisotopic (exact) mass is 293 g/mol. The summed E-state index contributed by atoms with van der Waals surface area (Å²) in [5, 5.41) is 2.05. The van der Waals surface area contributed by atoms with Gasteiger partial charge in [0, 0.05) is 30.4 Å². The number of imidazole rings is 1. The Morgan fingerprint density at radius 3 is 2.40 bits per heavy atom. The van der Waals surface area contributed by atoms with Crippen LogP contribution in [0.1, 0.15) is 43.9 Å². The fraction of sp³-hybridized carbons (Fsp3) is 0.600. The van der Waals surface area contributed by atoms with Gasteiger partial charge in [-0.15, -0.1) is 11.3 Å². The van der Waals surface area contributed by atoms with Crippen molar-refractivity contribution in [2.75, 3.05) is 13.1 Å². The third-order valence-electron chi connectivity index (χ3n) is 3.07. The second kappa shape index (κ2) is 5.95. The van der Waals surface area contributed by atoms with Gasteiger partial charge in [0.15, 0.2) is 4.96 Å². The molecule has 20 heavy (non-hydrogen) atoms. The average Bonchev–Trinajstić information content (AvgIpc) is 2.89. The molecule has 0 aliphatic heterocycles. The molecule has 5 heteroatoms. The van der Waals surface area contributed by atoms with Crippen molar-refractivity contribution in [3.8, 4) is 0 Å². The van der Waals surface area contributed by atoms with Crippen LogP contribution >= 0.6 is 11.3 Å². The number of hydrogen-bond acceptors (Lipinski definition) is 3. The molecule has 2 rings (SSSR count). The summed E-state index contributed by atoms with van der Waals surface area (Å²) in [6.07, 6.45) is 1.86. The highest BCUT2D eigenvalue weighted by atomic mass is 32.1. The number of aryl methyl sites for hydroxylation is 1. The van der Waals surface area contributed by atoms with Gasteiger partial charge in [0.25, 0.3) is 5.91 Å². The van der Waals surface area contributed by atoms with Crippen LogP contribution in [0.25, 0.3) is 4.96 Å². The van der Waals surface area contributed by atoms with Gasteiger partial charge in [-0.3, -0.25) is 9.20 Å². The number of carbonyl (C=O) groups is 1. The highest BCUT2D eigenvalue weighted by Gasteiger charge is 2.21. The molecule has 4 nitrogen and oxygen atoms in total. The van der Waals surface area contributed by atoms with Crippen LogP contribution in [0.5, 0.6) is 0 Å². The SMILES string of the molecule is Cc1csc2nc(C(=O)N(CC(C)C)CC(C)C)cn12. The summed E-state index contributed by atoms with van der Waals surface area (Å²) in [6.45, 7) is 12.1. The van der Waals surface area contributed by atoms with E-state index in [1.807, 2.05) is 22.4 Å². The molecule has 0 unspecified atom stereocenters. The van der Waals surface area contributed by atoms with Crippen molar-refractivity contribution < 1.29 is 4.79 Å². The maximum atomic E-state index is 12.6. The minimum absolute atomic E-state index is 0.0442. The zero-order chi connectivity index (χ0) is 14.9. The summed E-state index contributed by atoms with van der Waals surface area (Å²) in [5.74, 6) is 0.967. The van der Waals surface area contributed by atoms with E-state index in [1.165, 1.54) is 0 Å². The summed E-state index contributed by atoms with van der Waals surface area (Å²) in [4.78, 5) is 19.9. The second-order valence-electron chi connectivity index (χ2n) is 6.15. The summed E-state index contributed by atoms with van der Waals surface area (Å²) < 4.78 is 1.99. The van der Waals surface area contributed by atoms with Gasteiger partial charge in [0.2, 0.25) is 0 Å². The predicted molar refractivity (Wildman–Crippen MR) is 83.4 cm³/mol. The topological polar surface area (TPSA) is 37.6 Å². The first-order valence-electron chi connectivity index (χ1n) is 7.11. The van der Waals surface area contributed by atoms with E-state index >= 15 is 0 Å². The molecule has 0 saturated carbocycles. The van der Waals surface area contributed by atoms with Gasteiger partial charge in [-0.1, -0.05) is 27.7 Å². The van der Waals surface area contributed by atoms with Gasteiger partial charge in [0.1, 0.15) is 5.69 Å². The number of thiazole rings is 1. The average molecular weight is 293 g/mol. The van der Waals surface area contributed by atoms with E-state index in [4.69, 9.17) is 0 Å². The molecular weight excluding hydrogens is 270 g/mol. The van der Waals surface area contributed by atoms with Crippen LogP contribution in [0.15, 0.2) is 11.6 Å². The van der Waals surface area contributed by atoms with Crippen LogP contribution in [-0.4, -0.2) is 33.3 Å². The lowest BCUT2D eigenvalue weighted by Gasteiger charge is -2.25. The maximum Gasteiger partial charge on any atom is 0.274 e. The van der Waals surface area contributed by atoms with Crippen LogP contribution in [0.3, 0.4) is 0 Å². The van der Waals surface area contributed by atoms with Crippen molar-refractivity contribution in [3.05, 3.63) is 23.0 Å². The number of nitrogens with zero attached hydrogens (tertiary/aromatic N) is 3. The zero-order valence-electron chi connectivity index (χ0n) is 12.9. The van der Waals surface area contributed by atoms with Crippen molar-refractivity contribution in [2.24, 2.45) is 11.8 Å². The molecule has 0 aromatic carbocycles. The predicted octanol–water partition coefficient (Wildman–Crippen LogP) is 3.46. The minimum atomic E-state index is 0.0442. The van der Waals surface area contributed by atoms with E-state index in [0.29, 0.717) is 17.5 Å². The Morgan fingerprint density at radius 2 is 1.90 bits per heavy atom. The lowest BCUT2D eigenvalue weighted by molar-refractivity contribution is 0.0710. The first kappa shape index (κ1) is 15.0. The molecule has 1 amide bonds. The third-order valence-corrected chi connectivity index (χ3v) is 4.02. The van der Waals surface area contributed by atoms with Crippen molar-refractivity contribution in [2.45, 2.75) is 34.6 Å². The highest BCUT2D eigenvalue weighted by Crippen LogP contribution is 2.17. The number of amides is 1. The van der Waals surface area contributed by atoms with E-state index in [1.54, 1.807) is 11.3 Å². The Balaban J connectivity index is 2.25.